The molecule has 6 nitrogen and oxygen atoms in total. The highest BCUT2D eigenvalue weighted by Crippen LogP contribution is 2.29. The van der Waals surface area contributed by atoms with Crippen LogP contribution in [0.4, 0.5) is 10.8 Å². The van der Waals surface area contributed by atoms with Gasteiger partial charge in [-0.15, -0.1) is 11.3 Å². The Balaban J connectivity index is 1.57. The van der Waals surface area contributed by atoms with E-state index in [1.165, 1.54) is 29.2 Å². The molecule has 2 aromatic carbocycles. The summed E-state index contributed by atoms with van der Waals surface area (Å²) in [6.45, 7) is 1.13. The molecule has 3 aromatic rings. The first kappa shape index (κ1) is 21.1. The molecular formula is C20H16Cl2N2O4S. The van der Waals surface area contributed by atoms with E-state index in [1.54, 1.807) is 17.5 Å². The largest absolute Gasteiger partial charge is 0.480 e. The summed E-state index contributed by atoms with van der Waals surface area (Å²) in [4.78, 5) is 29.9. The molecule has 1 heterocycles. The summed E-state index contributed by atoms with van der Waals surface area (Å²) in [5.41, 5.74) is 1.25. The lowest BCUT2D eigenvalue weighted by atomic mass is 10.3. The molecule has 9 heteroatoms. The molecule has 0 radical (unpaired) electrons. The molecule has 1 aromatic heterocycles. The summed E-state index contributed by atoms with van der Waals surface area (Å²) in [5.74, 6) is -0.400. The fourth-order valence-electron chi connectivity index (χ4n) is 2.39. The van der Waals surface area contributed by atoms with Gasteiger partial charge in [-0.05, 0) is 30.3 Å². The second-order valence-corrected chi connectivity index (χ2v) is 7.52. The third kappa shape index (κ3) is 5.69. The fraction of sp³-hybridized carbons (Fsp3) is 0.150. The number of carbonyl (C=O) groups is 2. The number of esters is 1. The molecule has 29 heavy (non-hydrogen) atoms. The van der Waals surface area contributed by atoms with Gasteiger partial charge in [0.15, 0.2) is 11.7 Å². The van der Waals surface area contributed by atoms with Crippen LogP contribution >= 0.6 is 34.5 Å². The molecule has 0 N–H and O–H groups in total. The van der Waals surface area contributed by atoms with Crippen molar-refractivity contribution >= 4 is 57.2 Å². The number of aromatic nitrogens is 1. The Bertz CT molecular complexity index is 1010. The van der Waals surface area contributed by atoms with E-state index < -0.39 is 5.97 Å². The molecule has 0 saturated heterocycles. The predicted molar refractivity (Wildman–Crippen MR) is 113 cm³/mol. The quantitative estimate of drug-likeness (QED) is 0.459. The van der Waals surface area contributed by atoms with Crippen LogP contribution < -0.4 is 9.64 Å². The van der Waals surface area contributed by atoms with Crippen LogP contribution in [0.25, 0.3) is 0 Å². The normalized spacial score (nSPS) is 10.4. The number of rotatable bonds is 7. The molecule has 3 rings (SSSR count). The molecule has 0 aliphatic heterocycles. The number of nitrogens with zero attached hydrogens (tertiary/aromatic N) is 2. The van der Waals surface area contributed by atoms with Gasteiger partial charge in [-0.3, -0.25) is 9.69 Å². The third-order valence-electron chi connectivity index (χ3n) is 3.68. The first-order chi connectivity index (χ1) is 13.9. The second kappa shape index (κ2) is 9.73. The number of anilines is 2. The predicted octanol–water partition coefficient (Wildman–Crippen LogP) is 5.26. The van der Waals surface area contributed by atoms with Gasteiger partial charge in [0, 0.05) is 17.3 Å². The minimum atomic E-state index is -0.572. The van der Waals surface area contributed by atoms with Gasteiger partial charge in [0.25, 0.3) is 0 Å². The number of ether oxygens (including phenoxy) is 2. The first-order valence-electron chi connectivity index (χ1n) is 8.47. The number of amides is 1. The van der Waals surface area contributed by atoms with Gasteiger partial charge in [-0.2, -0.15) is 0 Å². The average Bonchev–Trinajstić information content (AvgIpc) is 3.15. The molecule has 0 aliphatic rings. The maximum atomic E-state index is 12.1. The van der Waals surface area contributed by atoms with E-state index >= 15 is 0 Å². The Labute approximate surface area is 181 Å². The Hall–Kier alpha value is -2.61. The number of para-hydroxylation sites is 1. The molecule has 0 unspecified atom stereocenters. The zero-order valence-corrected chi connectivity index (χ0v) is 17.6. The summed E-state index contributed by atoms with van der Waals surface area (Å²) in [6, 6.07) is 13.9. The van der Waals surface area contributed by atoms with E-state index in [-0.39, 0.29) is 19.1 Å². The molecular weight excluding hydrogens is 435 g/mol. The van der Waals surface area contributed by atoms with Crippen LogP contribution in [-0.4, -0.2) is 23.5 Å². The highest BCUT2D eigenvalue weighted by Gasteiger charge is 2.18. The van der Waals surface area contributed by atoms with E-state index in [0.717, 1.165) is 0 Å². The van der Waals surface area contributed by atoms with E-state index in [2.05, 4.69) is 4.98 Å². The Morgan fingerprint density at radius 1 is 1.14 bits per heavy atom. The van der Waals surface area contributed by atoms with E-state index in [0.29, 0.717) is 32.3 Å². The van der Waals surface area contributed by atoms with Gasteiger partial charge in [0.2, 0.25) is 5.91 Å². The van der Waals surface area contributed by atoms with Gasteiger partial charge < -0.3 is 9.47 Å². The number of benzene rings is 2. The lowest BCUT2D eigenvalue weighted by Crippen LogP contribution is -2.22. The third-order valence-corrected chi connectivity index (χ3v) is 5.09. The molecule has 150 valence electrons. The highest BCUT2D eigenvalue weighted by molar-refractivity contribution is 7.14. The second-order valence-electron chi connectivity index (χ2n) is 5.84. The molecule has 0 bridgehead atoms. The van der Waals surface area contributed by atoms with Gasteiger partial charge in [-0.1, -0.05) is 41.4 Å². The molecule has 0 aliphatic carbocycles. The van der Waals surface area contributed by atoms with E-state index in [9.17, 15) is 9.59 Å². The Morgan fingerprint density at radius 2 is 1.90 bits per heavy atom. The summed E-state index contributed by atoms with van der Waals surface area (Å²) >= 11 is 13.1. The fourth-order valence-corrected chi connectivity index (χ4v) is 3.73. The van der Waals surface area contributed by atoms with Crippen molar-refractivity contribution < 1.29 is 19.1 Å². The van der Waals surface area contributed by atoms with Crippen molar-refractivity contribution in [2.24, 2.45) is 0 Å². The molecule has 0 atom stereocenters. The zero-order chi connectivity index (χ0) is 20.8. The van der Waals surface area contributed by atoms with Gasteiger partial charge >= 0.3 is 5.97 Å². The monoisotopic (exact) mass is 450 g/mol. The van der Waals surface area contributed by atoms with Crippen LogP contribution in [0.15, 0.2) is 53.9 Å². The average molecular weight is 451 g/mol. The van der Waals surface area contributed by atoms with Crippen molar-refractivity contribution in [3.05, 3.63) is 69.7 Å². The topological polar surface area (TPSA) is 68.7 Å². The van der Waals surface area contributed by atoms with E-state index in [4.69, 9.17) is 32.7 Å². The van der Waals surface area contributed by atoms with Gasteiger partial charge in [-0.25, -0.2) is 9.78 Å². The first-order valence-corrected chi connectivity index (χ1v) is 10.1. The van der Waals surface area contributed by atoms with Crippen molar-refractivity contribution in [3.8, 4) is 5.75 Å². The summed E-state index contributed by atoms with van der Waals surface area (Å²) in [7, 11) is 0. The lowest BCUT2D eigenvalue weighted by molar-refractivity contribution is -0.147. The van der Waals surface area contributed by atoms with Crippen LogP contribution in [0.5, 0.6) is 5.75 Å². The summed E-state index contributed by atoms with van der Waals surface area (Å²) < 4.78 is 10.5. The summed E-state index contributed by atoms with van der Waals surface area (Å²) in [6.07, 6.45) is 0. The lowest BCUT2D eigenvalue weighted by Gasteiger charge is -2.17. The molecule has 0 fully saturated rings. The Kier molecular flexibility index (Phi) is 7.09. The number of thiazole rings is 1. The number of hydrogen-bond acceptors (Lipinski definition) is 6. The van der Waals surface area contributed by atoms with Crippen molar-refractivity contribution in [1.82, 2.24) is 4.98 Å². The molecule has 1 amide bonds. The maximum Gasteiger partial charge on any atom is 0.344 e. The summed E-state index contributed by atoms with van der Waals surface area (Å²) in [5, 5.41) is 3.01. The van der Waals surface area contributed by atoms with Crippen molar-refractivity contribution in [2.75, 3.05) is 11.5 Å². The SMILES string of the molecule is CC(=O)N(c1ccccc1)c1nc(COC(=O)COc2ccc(Cl)cc2Cl)cs1. The number of halogens is 2. The van der Waals surface area contributed by atoms with Crippen molar-refractivity contribution in [2.45, 2.75) is 13.5 Å². The van der Waals surface area contributed by atoms with Crippen LogP contribution in [0.2, 0.25) is 10.0 Å². The van der Waals surface area contributed by atoms with Crippen LogP contribution in [0.3, 0.4) is 0 Å². The minimum absolute atomic E-state index is 0.0341. The smallest absolute Gasteiger partial charge is 0.344 e. The van der Waals surface area contributed by atoms with Crippen LogP contribution in [-0.2, 0) is 20.9 Å². The van der Waals surface area contributed by atoms with E-state index in [1.807, 2.05) is 30.3 Å². The molecule has 0 saturated carbocycles. The van der Waals surface area contributed by atoms with Crippen LogP contribution in [0, 0.1) is 0 Å². The van der Waals surface area contributed by atoms with Crippen molar-refractivity contribution in [1.29, 1.82) is 0 Å². The number of hydrogen-bond donors (Lipinski definition) is 0. The maximum absolute atomic E-state index is 12.1. The Morgan fingerprint density at radius 3 is 2.59 bits per heavy atom. The van der Waals surface area contributed by atoms with Crippen LogP contribution in [0.1, 0.15) is 12.6 Å². The van der Waals surface area contributed by atoms with Gasteiger partial charge in [0.05, 0.1) is 16.4 Å². The van der Waals surface area contributed by atoms with Gasteiger partial charge in [0.1, 0.15) is 12.4 Å². The van der Waals surface area contributed by atoms with Crippen molar-refractivity contribution in [3.63, 3.8) is 0 Å². The highest BCUT2D eigenvalue weighted by atomic mass is 35.5. The molecule has 0 spiro atoms. The standard InChI is InChI=1S/C20H16Cl2N2O4S/c1-13(25)24(16-5-3-2-4-6-16)20-23-15(12-29-20)10-28-19(26)11-27-18-8-7-14(21)9-17(18)22/h2-9,12H,10-11H2,1H3. The number of carbonyl (C=O) groups excluding carboxylic acids is 2. The minimum Gasteiger partial charge on any atom is -0.480 e. The zero-order valence-electron chi connectivity index (χ0n) is 15.3.